The molecule has 0 spiro atoms. The van der Waals surface area contributed by atoms with E-state index in [0.717, 1.165) is 22.4 Å². The minimum atomic E-state index is -1.05. The molecule has 0 unspecified atom stereocenters. The summed E-state index contributed by atoms with van der Waals surface area (Å²) in [5.74, 6) is 2.24. The molecule has 1 saturated heterocycles. The summed E-state index contributed by atoms with van der Waals surface area (Å²) in [4.78, 5) is 32.4. The Bertz CT molecular complexity index is 2470. The molecule has 6 atom stereocenters. The summed E-state index contributed by atoms with van der Waals surface area (Å²) in [6, 6.07) is 18.6. The Kier molecular flexibility index (Phi) is 10.8. The number of aromatic hydroxyl groups is 1. The van der Waals surface area contributed by atoms with Gasteiger partial charge in [0.05, 0.1) is 25.3 Å². The second kappa shape index (κ2) is 16.0. The molecule has 9 rings (SSSR count). The third-order valence-electron chi connectivity index (χ3n) is 13.5. The maximum atomic E-state index is 14.5. The number of carbonyl (C=O) groups is 2. The molecule has 12 nitrogen and oxygen atoms in total. The SMILES string of the molecule is COc1c(C)cc2c(c1C)[C@@H]1[C@@H]3Cc4c(O)c(C)c5c(c4[C@H](COC(=O)[C@@H](CSCC4c6ccccc6-c6ccccc64)NC(=O)OC(C)(C)C)N3[C@@H](C#N)[C@H](C2)N1C)OCO5. The van der Waals surface area contributed by atoms with Crippen molar-refractivity contribution < 1.29 is 38.4 Å². The van der Waals surface area contributed by atoms with Gasteiger partial charge in [0.25, 0.3) is 0 Å². The first-order valence-electron chi connectivity index (χ1n) is 21.3. The highest BCUT2D eigenvalue weighted by atomic mass is 32.2. The zero-order valence-corrected chi connectivity index (χ0v) is 37.4. The summed E-state index contributed by atoms with van der Waals surface area (Å²) in [6.45, 7) is 11.1. The molecule has 5 aliphatic rings. The van der Waals surface area contributed by atoms with Crippen LogP contribution in [0.5, 0.6) is 23.0 Å². The molecule has 0 saturated carbocycles. The Morgan fingerprint density at radius 2 is 1.66 bits per heavy atom. The highest BCUT2D eigenvalue weighted by Crippen LogP contribution is 2.57. The summed E-state index contributed by atoms with van der Waals surface area (Å²) in [6.07, 6.45) is 0.325. The van der Waals surface area contributed by atoms with Crippen LogP contribution >= 0.6 is 11.8 Å². The number of benzene rings is 4. The first kappa shape index (κ1) is 41.9. The predicted octanol–water partition coefficient (Wildman–Crippen LogP) is 7.81. The van der Waals surface area contributed by atoms with Crippen LogP contribution in [0.4, 0.5) is 4.79 Å². The van der Waals surface area contributed by atoms with Gasteiger partial charge in [-0.2, -0.15) is 17.0 Å². The van der Waals surface area contributed by atoms with Crippen molar-refractivity contribution in [3.63, 3.8) is 0 Å². The number of fused-ring (bicyclic) bond motifs is 12. The third kappa shape index (κ3) is 6.91. The second-order valence-electron chi connectivity index (χ2n) is 18.1. The predicted molar refractivity (Wildman–Crippen MR) is 236 cm³/mol. The van der Waals surface area contributed by atoms with Crippen LogP contribution in [0.1, 0.15) is 88.8 Å². The van der Waals surface area contributed by atoms with Gasteiger partial charge in [-0.05, 0) is 106 Å². The first-order chi connectivity index (χ1) is 29.7. The number of nitriles is 1. The van der Waals surface area contributed by atoms with Crippen molar-refractivity contribution in [2.75, 3.05) is 39.1 Å². The number of phenols is 1. The van der Waals surface area contributed by atoms with Crippen molar-refractivity contribution in [1.82, 2.24) is 15.1 Å². The highest BCUT2D eigenvalue weighted by Gasteiger charge is 2.56. The van der Waals surface area contributed by atoms with Crippen LogP contribution in [-0.4, -0.2) is 95.8 Å². The smallest absolute Gasteiger partial charge is 0.408 e. The number of esters is 1. The molecule has 1 fully saturated rings. The van der Waals surface area contributed by atoms with E-state index < -0.39 is 35.8 Å². The monoisotopic (exact) mass is 858 g/mol. The van der Waals surface area contributed by atoms with Crippen LogP contribution in [0.2, 0.25) is 0 Å². The lowest BCUT2D eigenvalue weighted by Gasteiger charge is -2.60. The number of carbonyl (C=O) groups excluding carboxylic acids is 2. The van der Waals surface area contributed by atoms with E-state index in [9.17, 15) is 20.0 Å². The van der Waals surface area contributed by atoms with Crippen LogP contribution in [0.25, 0.3) is 11.1 Å². The van der Waals surface area contributed by atoms with Gasteiger partial charge in [0.15, 0.2) is 11.5 Å². The minimum absolute atomic E-state index is 0.0293. The summed E-state index contributed by atoms with van der Waals surface area (Å²) >= 11 is 1.57. The fourth-order valence-corrected chi connectivity index (χ4v) is 12.1. The number of piperazine rings is 1. The molecule has 13 heteroatoms. The number of ether oxygens (including phenoxy) is 5. The highest BCUT2D eigenvalue weighted by molar-refractivity contribution is 7.99. The van der Waals surface area contributed by atoms with Crippen molar-refractivity contribution in [2.24, 2.45) is 0 Å². The number of methoxy groups -OCH3 is 1. The number of likely N-dealkylation sites (N-methyl/N-ethyl adjacent to an activating group) is 1. The van der Waals surface area contributed by atoms with Gasteiger partial charge < -0.3 is 34.1 Å². The number of nitrogens with zero attached hydrogens (tertiary/aromatic N) is 3. The number of rotatable bonds is 9. The van der Waals surface area contributed by atoms with Crippen molar-refractivity contribution in [3.05, 3.63) is 105 Å². The van der Waals surface area contributed by atoms with Crippen LogP contribution in [0.3, 0.4) is 0 Å². The van der Waals surface area contributed by atoms with Gasteiger partial charge in [-0.3, -0.25) is 9.80 Å². The number of nitrogens with one attached hydrogen (secondary N) is 1. The van der Waals surface area contributed by atoms with E-state index in [-0.39, 0.29) is 48.9 Å². The molecule has 4 aromatic rings. The summed E-state index contributed by atoms with van der Waals surface area (Å²) in [5, 5.41) is 25.9. The zero-order chi connectivity index (χ0) is 43.8. The molecule has 4 aromatic carbocycles. The molecule has 2 N–H and O–H groups in total. The standard InChI is InChI=1S/C49H54N4O8S/c1-25-17-28-18-36-38(20-50)53-37(42(52(36)7)40(28)26(2)44(25)57-8)19-33-41(46-45(59-24-60-46)27(3)43(33)54)39(53)21-58-47(55)35(51-48(56)61-49(4,5)6)23-62-22-34-31-15-11-9-13-29(31)30-14-10-12-16-32(30)34/h9-17,34-39,42,54H,18-19,21-24H2,1-8H3,(H,51,56)/t35-,36+,37+,38+,39+,42+/m1/s1. The van der Waals surface area contributed by atoms with Crippen molar-refractivity contribution >= 4 is 23.8 Å². The normalized spacial score (nSPS) is 22.6. The van der Waals surface area contributed by atoms with Crippen LogP contribution in [0, 0.1) is 32.1 Å². The molecule has 4 aliphatic heterocycles. The largest absolute Gasteiger partial charge is 0.507 e. The van der Waals surface area contributed by atoms with E-state index in [2.05, 4.69) is 96.7 Å². The molecule has 2 bridgehead atoms. The van der Waals surface area contributed by atoms with Gasteiger partial charge in [0.2, 0.25) is 6.79 Å². The van der Waals surface area contributed by atoms with Crippen LogP contribution in [0.15, 0.2) is 54.6 Å². The summed E-state index contributed by atoms with van der Waals surface area (Å²) in [7, 11) is 3.77. The lowest BCUT2D eigenvalue weighted by molar-refractivity contribution is -0.151. The molecule has 0 radical (unpaired) electrons. The first-order valence-corrected chi connectivity index (χ1v) is 22.5. The van der Waals surface area contributed by atoms with E-state index in [1.807, 2.05) is 6.92 Å². The van der Waals surface area contributed by atoms with Gasteiger partial charge >= 0.3 is 12.1 Å². The Labute approximate surface area is 367 Å². The summed E-state index contributed by atoms with van der Waals surface area (Å²) in [5.41, 5.74) is 10.4. The van der Waals surface area contributed by atoms with E-state index in [4.69, 9.17) is 23.7 Å². The zero-order valence-electron chi connectivity index (χ0n) is 36.5. The molecular formula is C49H54N4O8S. The van der Waals surface area contributed by atoms with Gasteiger partial charge in [-0.15, -0.1) is 0 Å². The maximum absolute atomic E-state index is 14.5. The molecule has 324 valence electrons. The van der Waals surface area contributed by atoms with E-state index in [0.29, 0.717) is 46.8 Å². The number of aryl methyl sites for hydroxylation is 1. The van der Waals surface area contributed by atoms with Gasteiger partial charge in [0, 0.05) is 46.2 Å². The molecule has 62 heavy (non-hydrogen) atoms. The Morgan fingerprint density at radius 3 is 2.32 bits per heavy atom. The number of hydrogen-bond acceptors (Lipinski definition) is 12. The van der Waals surface area contributed by atoms with Crippen molar-refractivity contribution in [1.29, 1.82) is 5.26 Å². The topological polar surface area (TPSA) is 143 Å². The van der Waals surface area contributed by atoms with Crippen LogP contribution < -0.4 is 19.5 Å². The average molecular weight is 859 g/mol. The van der Waals surface area contributed by atoms with E-state index in [1.165, 1.54) is 27.8 Å². The number of amides is 1. The van der Waals surface area contributed by atoms with Gasteiger partial charge in [-0.1, -0.05) is 54.6 Å². The minimum Gasteiger partial charge on any atom is -0.507 e. The van der Waals surface area contributed by atoms with Crippen LogP contribution in [-0.2, 0) is 27.1 Å². The number of phenolic OH excluding ortho intramolecular Hbond substituents is 1. The maximum Gasteiger partial charge on any atom is 0.408 e. The van der Waals surface area contributed by atoms with Gasteiger partial charge in [-0.25, -0.2) is 9.59 Å². The summed E-state index contributed by atoms with van der Waals surface area (Å²) < 4.78 is 30.0. The number of alkyl carbamates (subject to hydrolysis) is 1. The molecule has 1 amide bonds. The average Bonchev–Trinajstić information content (AvgIpc) is 3.85. The second-order valence-corrected chi connectivity index (χ2v) is 19.2. The Hall–Kier alpha value is -5.42. The Morgan fingerprint density at radius 1 is 0.984 bits per heavy atom. The number of hydrogen-bond donors (Lipinski definition) is 2. The molecule has 0 aromatic heterocycles. The lowest BCUT2D eigenvalue weighted by Crippen LogP contribution is -2.68. The fourth-order valence-electron chi connectivity index (χ4n) is 11.0. The lowest BCUT2D eigenvalue weighted by atomic mass is 9.71. The quantitative estimate of drug-likeness (QED) is 0.159. The van der Waals surface area contributed by atoms with Crippen molar-refractivity contribution in [3.8, 4) is 40.2 Å². The van der Waals surface area contributed by atoms with E-state index >= 15 is 0 Å². The third-order valence-corrected chi connectivity index (χ3v) is 14.6. The Balaban J connectivity index is 1.06. The van der Waals surface area contributed by atoms with Gasteiger partial charge in [0.1, 0.15) is 35.8 Å². The number of thioether (sulfide) groups is 1. The molecular weight excluding hydrogens is 805 g/mol. The molecule has 1 aliphatic carbocycles. The van der Waals surface area contributed by atoms with E-state index in [1.54, 1.807) is 39.6 Å². The van der Waals surface area contributed by atoms with Crippen molar-refractivity contribution in [2.45, 2.75) is 102 Å². The molecule has 4 heterocycles. The fraction of sp³-hybridized carbons (Fsp3) is 0.449.